The van der Waals surface area contributed by atoms with E-state index in [9.17, 15) is 14.4 Å². The topological polar surface area (TPSA) is 90.5 Å². The Balaban J connectivity index is 1.64. The fourth-order valence-corrected chi connectivity index (χ4v) is 4.86. The van der Waals surface area contributed by atoms with Crippen molar-refractivity contribution < 1.29 is 14.4 Å². The van der Waals surface area contributed by atoms with Crippen molar-refractivity contribution in [1.29, 1.82) is 0 Å². The minimum atomic E-state index is -0.843. The quantitative estimate of drug-likeness (QED) is 0.273. The summed E-state index contributed by atoms with van der Waals surface area (Å²) >= 11 is 0. The molecule has 3 N–H and O–H groups in total. The number of nitrogens with zero attached hydrogens (tertiary/aromatic N) is 1. The molecule has 0 aliphatic rings. The Kier molecular flexibility index (Phi) is 9.65. The molecule has 40 heavy (non-hydrogen) atoms. The molecule has 0 saturated carbocycles. The smallest absolute Gasteiger partial charge is 0.254 e. The molecule has 0 heterocycles. The highest BCUT2D eigenvalue weighted by Gasteiger charge is 2.31. The van der Waals surface area contributed by atoms with Crippen LogP contribution in [0.5, 0.6) is 0 Å². The Morgan fingerprint density at radius 1 is 0.700 bits per heavy atom. The minimum absolute atomic E-state index is 0.265. The first-order valence-electron chi connectivity index (χ1n) is 13.4. The van der Waals surface area contributed by atoms with E-state index in [1.54, 1.807) is 20.2 Å². The first kappa shape index (κ1) is 28.5. The highest BCUT2D eigenvalue weighted by Crippen LogP contribution is 2.19. The molecule has 0 radical (unpaired) electrons. The van der Waals surface area contributed by atoms with Crippen molar-refractivity contribution in [2.24, 2.45) is 0 Å². The van der Waals surface area contributed by atoms with Gasteiger partial charge in [0.15, 0.2) is 0 Å². The average Bonchev–Trinajstić information content (AvgIpc) is 2.99. The Labute approximate surface area is 235 Å². The lowest BCUT2D eigenvalue weighted by Gasteiger charge is -2.29. The zero-order valence-electron chi connectivity index (χ0n) is 23.2. The fourth-order valence-electron chi connectivity index (χ4n) is 4.86. The summed E-state index contributed by atoms with van der Waals surface area (Å²) in [5.41, 5.74) is 3.31. The molecule has 0 bridgehead atoms. The molecule has 0 aliphatic carbocycles. The van der Waals surface area contributed by atoms with Crippen molar-refractivity contribution in [3.8, 4) is 0 Å². The van der Waals surface area contributed by atoms with Gasteiger partial charge in [0.1, 0.15) is 12.1 Å². The number of hydrogen-bond acceptors (Lipinski definition) is 4. The van der Waals surface area contributed by atoms with Crippen LogP contribution in [0.4, 0.5) is 0 Å². The summed E-state index contributed by atoms with van der Waals surface area (Å²) in [5.74, 6) is -0.950. The number of likely N-dealkylation sites (N-methyl/N-ethyl adjacent to an activating group) is 2. The molecular weight excluding hydrogens is 500 g/mol. The Bertz CT molecular complexity index is 1470. The maximum Gasteiger partial charge on any atom is 0.254 e. The predicted octanol–water partition coefficient (Wildman–Crippen LogP) is 3.72. The first-order valence-corrected chi connectivity index (χ1v) is 13.4. The van der Waals surface area contributed by atoms with Gasteiger partial charge in [-0.1, -0.05) is 84.9 Å². The van der Waals surface area contributed by atoms with Crippen LogP contribution in [-0.4, -0.2) is 55.8 Å². The molecule has 0 aromatic heterocycles. The Morgan fingerprint density at radius 3 is 2.12 bits per heavy atom. The second-order valence-corrected chi connectivity index (χ2v) is 9.91. The van der Waals surface area contributed by atoms with Crippen molar-refractivity contribution in [2.45, 2.75) is 31.5 Å². The SMILES string of the molecule is CNCc1cccc(C(=O)N(C)[C@H](Cc2ccc3ccccc3c2)C(=O)N[C@H](Cc2ccccc2)C(=O)NC)c1. The van der Waals surface area contributed by atoms with Crippen LogP contribution in [0.15, 0.2) is 97.1 Å². The lowest BCUT2D eigenvalue weighted by molar-refractivity contribution is -0.131. The lowest BCUT2D eigenvalue weighted by atomic mass is 9.98. The molecule has 0 fully saturated rings. The van der Waals surface area contributed by atoms with Gasteiger partial charge >= 0.3 is 0 Å². The van der Waals surface area contributed by atoms with Gasteiger partial charge in [0, 0.05) is 39.0 Å². The van der Waals surface area contributed by atoms with E-state index in [-0.39, 0.29) is 17.7 Å². The molecule has 0 aliphatic heterocycles. The van der Waals surface area contributed by atoms with Crippen molar-refractivity contribution in [1.82, 2.24) is 20.9 Å². The van der Waals surface area contributed by atoms with Gasteiger partial charge in [0.25, 0.3) is 5.91 Å². The molecule has 4 aromatic rings. The molecule has 7 nitrogen and oxygen atoms in total. The molecule has 3 amide bonds. The van der Waals surface area contributed by atoms with Crippen LogP contribution in [0.3, 0.4) is 0 Å². The molecule has 4 aromatic carbocycles. The van der Waals surface area contributed by atoms with Crippen molar-refractivity contribution in [2.75, 3.05) is 21.1 Å². The highest BCUT2D eigenvalue weighted by molar-refractivity contribution is 5.98. The van der Waals surface area contributed by atoms with E-state index >= 15 is 0 Å². The summed E-state index contributed by atoms with van der Waals surface area (Å²) in [6, 6.07) is 29.4. The minimum Gasteiger partial charge on any atom is -0.357 e. The van der Waals surface area contributed by atoms with E-state index in [0.717, 1.165) is 27.5 Å². The van der Waals surface area contributed by atoms with Crippen LogP contribution in [0, 0.1) is 0 Å². The normalized spacial score (nSPS) is 12.4. The summed E-state index contributed by atoms with van der Waals surface area (Å²) < 4.78 is 0. The van der Waals surface area contributed by atoms with Gasteiger partial charge in [-0.3, -0.25) is 14.4 Å². The zero-order chi connectivity index (χ0) is 28.5. The van der Waals surface area contributed by atoms with Crippen molar-refractivity contribution in [3.63, 3.8) is 0 Å². The summed E-state index contributed by atoms with van der Waals surface area (Å²) in [6.45, 7) is 0.624. The van der Waals surface area contributed by atoms with Crippen molar-refractivity contribution in [3.05, 3.63) is 119 Å². The summed E-state index contributed by atoms with van der Waals surface area (Å²) in [6.07, 6.45) is 0.625. The van der Waals surface area contributed by atoms with Gasteiger partial charge < -0.3 is 20.9 Å². The monoisotopic (exact) mass is 536 g/mol. The standard InChI is InChI=1S/C33H36N4O3/c1-34-22-25-12-9-15-28(19-25)33(40)37(3)30(21-24-16-17-26-13-7-8-14-27(26)18-24)32(39)36-29(31(38)35-2)20-23-10-5-4-6-11-23/h4-19,29-30,34H,20-22H2,1-3H3,(H,35,38)(H,36,39)/t29-,30-/m1/s1. The van der Waals surface area contributed by atoms with Crippen LogP contribution in [-0.2, 0) is 29.0 Å². The van der Waals surface area contributed by atoms with Gasteiger partial charge in [0.2, 0.25) is 11.8 Å². The Morgan fingerprint density at radius 2 is 1.40 bits per heavy atom. The van der Waals surface area contributed by atoms with Crippen LogP contribution in [0.2, 0.25) is 0 Å². The summed E-state index contributed by atoms with van der Waals surface area (Å²) in [7, 11) is 5.04. The number of fused-ring (bicyclic) bond motifs is 1. The van der Waals surface area contributed by atoms with E-state index in [1.807, 2.05) is 98.0 Å². The predicted molar refractivity (Wildman–Crippen MR) is 159 cm³/mol. The largest absolute Gasteiger partial charge is 0.357 e. The third-order valence-electron chi connectivity index (χ3n) is 7.05. The molecule has 0 unspecified atom stereocenters. The third kappa shape index (κ3) is 7.12. The maximum atomic E-state index is 13.9. The van der Waals surface area contributed by atoms with Gasteiger partial charge in [-0.05, 0) is 46.6 Å². The number of rotatable bonds is 11. The summed E-state index contributed by atoms with van der Waals surface area (Å²) in [4.78, 5) is 41.8. The number of hydrogen-bond donors (Lipinski definition) is 3. The van der Waals surface area contributed by atoms with E-state index in [0.29, 0.717) is 24.9 Å². The lowest BCUT2D eigenvalue weighted by Crippen LogP contribution is -2.55. The van der Waals surface area contributed by atoms with Gasteiger partial charge in [-0.25, -0.2) is 0 Å². The van der Waals surface area contributed by atoms with Crippen LogP contribution in [0.25, 0.3) is 10.8 Å². The van der Waals surface area contributed by atoms with Gasteiger partial charge in [-0.2, -0.15) is 0 Å². The molecule has 206 valence electrons. The number of benzene rings is 4. The number of carbonyl (C=O) groups is 3. The summed E-state index contributed by atoms with van der Waals surface area (Å²) in [5, 5.41) is 10.8. The fraction of sp³-hybridized carbons (Fsp3) is 0.242. The first-order chi connectivity index (χ1) is 19.4. The van der Waals surface area contributed by atoms with E-state index < -0.39 is 12.1 Å². The van der Waals surface area contributed by atoms with Crippen molar-refractivity contribution >= 4 is 28.5 Å². The second-order valence-electron chi connectivity index (χ2n) is 9.91. The highest BCUT2D eigenvalue weighted by atomic mass is 16.2. The van der Waals surface area contributed by atoms with Crippen LogP contribution in [0.1, 0.15) is 27.0 Å². The van der Waals surface area contributed by atoms with E-state index in [2.05, 4.69) is 16.0 Å². The second kappa shape index (κ2) is 13.5. The third-order valence-corrected chi connectivity index (χ3v) is 7.05. The number of carbonyl (C=O) groups excluding carboxylic acids is 3. The molecule has 0 spiro atoms. The van der Waals surface area contributed by atoms with E-state index in [4.69, 9.17) is 0 Å². The number of amides is 3. The van der Waals surface area contributed by atoms with Gasteiger partial charge in [-0.15, -0.1) is 0 Å². The average molecular weight is 537 g/mol. The zero-order valence-corrected chi connectivity index (χ0v) is 23.2. The van der Waals surface area contributed by atoms with Crippen LogP contribution < -0.4 is 16.0 Å². The molecule has 0 saturated heterocycles. The molecule has 4 rings (SSSR count). The number of nitrogens with one attached hydrogen (secondary N) is 3. The molecule has 2 atom stereocenters. The molecular formula is C33H36N4O3. The van der Waals surface area contributed by atoms with E-state index in [1.165, 1.54) is 4.90 Å². The van der Waals surface area contributed by atoms with Gasteiger partial charge in [0.05, 0.1) is 0 Å². The Hall–Kier alpha value is -4.49. The van der Waals surface area contributed by atoms with Crippen LogP contribution >= 0.6 is 0 Å². The maximum absolute atomic E-state index is 13.9. The molecule has 7 heteroatoms.